The number of halogens is 1. The van der Waals surface area contributed by atoms with Crippen LogP contribution in [0.15, 0.2) is 103 Å². The van der Waals surface area contributed by atoms with Crippen LogP contribution in [0.2, 0.25) is 0 Å². The molecule has 1 fully saturated rings. The van der Waals surface area contributed by atoms with E-state index in [4.69, 9.17) is 4.74 Å². The number of ether oxygens (including phenoxy) is 1. The maximum absolute atomic E-state index is 13.6. The molecule has 4 aromatic carbocycles. The number of hydrogen-bond donors (Lipinski definition) is 2. The molecule has 0 saturated carbocycles. The molecule has 7 heteroatoms. The van der Waals surface area contributed by atoms with Crippen LogP contribution in [-0.4, -0.2) is 21.9 Å². The molecule has 1 unspecified atom stereocenters. The Morgan fingerprint density at radius 2 is 1.66 bits per heavy atom. The Kier molecular flexibility index (Phi) is 6.66. The van der Waals surface area contributed by atoms with Gasteiger partial charge in [0.2, 0.25) is 0 Å². The summed E-state index contributed by atoms with van der Waals surface area (Å²) >= 11 is 0. The maximum atomic E-state index is 13.6. The number of carbonyl (C=O) groups is 2. The van der Waals surface area contributed by atoms with Gasteiger partial charge in [-0.15, -0.1) is 0 Å². The fourth-order valence-corrected chi connectivity index (χ4v) is 4.56. The number of anilines is 1. The number of ketones is 1. The normalized spacial score (nSPS) is 16.6. The highest BCUT2D eigenvalue weighted by Crippen LogP contribution is 2.43. The van der Waals surface area contributed by atoms with Crippen LogP contribution in [0.1, 0.15) is 28.3 Å². The Balaban J connectivity index is 1.56. The lowest BCUT2D eigenvalue weighted by atomic mass is 9.94. The zero-order valence-corrected chi connectivity index (χ0v) is 20.5. The van der Waals surface area contributed by atoms with Crippen LogP contribution in [-0.2, 0) is 16.2 Å². The summed E-state index contributed by atoms with van der Waals surface area (Å²) in [7, 11) is 0. The van der Waals surface area contributed by atoms with Gasteiger partial charge in [-0.2, -0.15) is 0 Å². The van der Waals surface area contributed by atoms with Crippen LogP contribution in [0, 0.1) is 12.7 Å². The quantitative estimate of drug-likeness (QED) is 0.188. The number of aliphatic hydroxyl groups is 1. The van der Waals surface area contributed by atoms with Gasteiger partial charge in [0.1, 0.15) is 29.7 Å². The van der Waals surface area contributed by atoms with E-state index in [1.54, 1.807) is 30.3 Å². The van der Waals surface area contributed by atoms with Crippen molar-refractivity contribution in [2.45, 2.75) is 19.6 Å². The molecule has 0 spiro atoms. The number of aromatic hydroxyl groups is 1. The largest absolute Gasteiger partial charge is 0.508 e. The topological polar surface area (TPSA) is 87.1 Å². The SMILES string of the molecule is Cc1cc(/C(O)=C2/C(=O)C(=O)N(c3ccc(F)cc3)C2c2cccc(O)c2)ccc1OCc1ccccc1. The van der Waals surface area contributed by atoms with E-state index in [9.17, 15) is 24.2 Å². The van der Waals surface area contributed by atoms with E-state index < -0.39 is 23.5 Å². The number of rotatable bonds is 6. The number of phenols is 1. The standard InChI is InChI=1S/C31H24FNO5/c1-19-16-22(10-15-26(19)38-18-20-6-3-2-4-7-20)29(35)27-28(21-8-5-9-25(34)17-21)33(31(37)30(27)36)24-13-11-23(32)12-14-24/h2-17,28,34-35H,18H2,1H3/b29-27-. The Labute approximate surface area is 218 Å². The summed E-state index contributed by atoms with van der Waals surface area (Å²) < 4.78 is 19.5. The summed E-state index contributed by atoms with van der Waals surface area (Å²) in [6.07, 6.45) is 0. The Morgan fingerprint density at radius 3 is 2.34 bits per heavy atom. The zero-order valence-electron chi connectivity index (χ0n) is 20.5. The lowest BCUT2D eigenvalue weighted by molar-refractivity contribution is -0.132. The predicted molar refractivity (Wildman–Crippen MR) is 141 cm³/mol. The second kappa shape index (κ2) is 10.2. The van der Waals surface area contributed by atoms with Crippen molar-refractivity contribution in [2.24, 2.45) is 0 Å². The Morgan fingerprint density at radius 1 is 0.921 bits per heavy atom. The maximum Gasteiger partial charge on any atom is 0.300 e. The van der Waals surface area contributed by atoms with Gasteiger partial charge in [0.05, 0.1) is 11.6 Å². The summed E-state index contributed by atoms with van der Waals surface area (Å²) in [5, 5.41) is 21.5. The number of aliphatic hydroxyl groups excluding tert-OH is 1. The van der Waals surface area contributed by atoms with Gasteiger partial charge in [0.15, 0.2) is 0 Å². The third-order valence-corrected chi connectivity index (χ3v) is 6.42. The summed E-state index contributed by atoms with van der Waals surface area (Å²) in [5.74, 6) is -2.07. The molecule has 1 heterocycles. The van der Waals surface area contributed by atoms with E-state index in [-0.39, 0.29) is 22.8 Å². The molecule has 4 aromatic rings. The minimum Gasteiger partial charge on any atom is -0.508 e. The molecule has 1 saturated heterocycles. The molecule has 1 atom stereocenters. The average molecular weight is 510 g/mol. The minimum absolute atomic E-state index is 0.0667. The molecule has 0 radical (unpaired) electrons. The van der Waals surface area contributed by atoms with Crippen molar-refractivity contribution >= 4 is 23.1 Å². The van der Waals surface area contributed by atoms with Crippen molar-refractivity contribution in [3.05, 3.63) is 131 Å². The number of Topliss-reactive ketones (excluding diaryl/α,β-unsaturated/α-hetero) is 1. The van der Waals surface area contributed by atoms with E-state index in [0.717, 1.165) is 11.1 Å². The van der Waals surface area contributed by atoms with Crippen LogP contribution in [0.25, 0.3) is 5.76 Å². The van der Waals surface area contributed by atoms with E-state index in [0.29, 0.717) is 23.5 Å². The molecule has 0 bridgehead atoms. The van der Waals surface area contributed by atoms with Crippen LogP contribution in [0.4, 0.5) is 10.1 Å². The average Bonchev–Trinajstić information content (AvgIpc) is 3.18. The zero-order chi connectivity index (χ0) is 26.8. The van der Waals surface area contributed by atoms with Crippen LogP contribution in [0.5, 0.6) is 11.5 Å². The van der Waals surface area contributed by atoms with Crippen LogP contribution < -0.4 is 9.64 Å². The second-order valence-corrected chi connectivity index (χ2v) is 9.00. The smallest absolute Gasteiger partial charge is 0.300 e. The highest BCUT2D eigenvalue weighted by molar-refractivity contribution is 6.51. The molecule has 1 aliphatic heterocycles. The molecule has 190 valence electrons. The first kappa shape index (κ1) is 24.8. The number of amides is 1. The Hall–Kier alpha value is -4.91. The number of aryl methyl sites for hydroxylation is 1. The van der Waals surface area contributed by atoms with Crippen molar-refractivity contribution in [2.75, 3.05) is 4.90 Å². The van der Waals surface area contributed by atoms with Gasteiger partial charge >= 0.3 is 0 Å². The number of benzene rings is 4. The van der Waals surface area contributed by atoms with Crippen molar-refractivity contribution in [3.63, 3.8) is 0 Å². The summed E-state index contributed by atoms with van der Waals surface area (Å²) in [6, 6.07) is 24.9. The first-order valence-corrected chi connectivity index (χ1v) is 12.0. The van der Waals surface area contributed by atoms with Gasteiger partial charge < -0.3 is 14.9 Å². The highest BCUT2D eigenvalue weighted by atomic mass is 19.1. The molecule has 0 aromatic heterocycles. The Bertz CT molecular complexity index is 1550. The number of nitrogens with zero attached hydrogens (tertiary/aromatic N) is 1. The second-order valence-electron chi connectivity index (χ2n) is 9.00. The number of phenolic OH excluding ortho intramolecular Hbond substituents is 1. The molecule has 6 nitrogen and oxygen atoms in total. The first-order valence-electron chi connectivity index (χ1n) is 12.0. The molecule has 2 N–H and O–H groups in total. The van der Waals surface area contributed by atoms with Crippen molar-refractivity contribution in [1.82, 2.24) is 0 Å². The highest BCUT2D eigenvalue weighted by Gasteiger charge is 2.47. The van der Waals surface area contributed by atoms with Gasteiger partial charge in [0, 0.05) is 11.3 Å². The molecular formula is C31H24FNO5. The fourth-order valence-electron chi connectivity index (χ4n) is 4.56. The van der Waals surface area contributed by atoms with Crippen molar-refractivity contribution in [3.8, 4) is 11.5 Å². The van der Waals surface area contributed by atoms with E-state index in [1.165, 1.54) is 41.3 Å². The van der Waals surface area contributed by atoms with E-state index in [1.807, 2.05) is 37.3 Å². The molecule has 1 aliphatic rings. The van der Waals surface area contributed by atoms with Crippen LogP contribution in [0.3, 0.4) is 0 Å². The monoisotopic (exact) mass is 509 g/mol. The van der Waals surface area contributed by atoms with E-state index >= 15 is 0 Å². The molecular weight excluding hydrogens is 485 g/mol. The predicted octanol–water partition coefficient (Wildman–Crippen LogP) is 6.05. The third kappa shape index (κ3) is 4.74. The summed E-state index contributed by atoms with van der Waals surface area (Å²) in [4.78, 5) is 27.7. The summed E-state index contributed by atoms with van der Waals surface area (Å²) in [5.41, 5.74) is 2.62. The molecule has 38 heavy (non-hydrogen) atoms. The molecule has 0 aliphatic carbocycles. The third-order valence-electron chi connectivity index (χ3n) is 6.42. The van der Waals surface area contributed by atoms with Gasteiger partial charge in [-0.25, -0.2) is 4.39 Å². The molecule has 1 amide bonds. The van der Waals surface area contributed by atoms with E-state index in [2.05, 4.69) is 0 Å². The molecule has 5 rings (SSSR count). The number of hydrogen-bond acceptors (Lipinski definition) is 5. The van der Waals surface area contributed by atoms with Crippen molar-refractivity contribution in [1.29, 1.82) is 0 Å². The van der Waals surface area contributed by atoms with Gasteiger partial charge in [-0.3, -0.25) is 14.5 Å². The summed E-state index contributed by atoms with van der Waals surface area (Å²) in [6.45, 7) is 2.19. The fraction of sp³-hybridized carbons (Fsp3) is 0.0968. The van der Waals surface area contributed by atoms with Gasteiger partial charge in [-0.1, -0.05) is 42.5 Å². The number of carbonyl (C=O) groups excluding carboxylic acids is 2. The van der Waals surface area contributed by atoms with Gasteiger partial charge in [0.25, 0.3) is 11.7 Å². The van der Waals surface area contributed by atoms with Crippen molar-refractivity contribution < 1.29 is 28.9 Å². The lowest BCUT2D eigenvalue weighted by Crippen LogP contribution is -2.29. The van der Waals surface area contributed by atoms with Crippen LogP contribution >= 0.6 is 0 Å². The lowest BCUT2D eigenvalue weighted by Gasteiger charge is -2.25. The first-order chi connectivity index (χ1) is 18.3. The minimum atomic E-state index is -1.04. The van der Waals surface area contributed by atoms with Gasteiger partial charge in [-0.05, 0) is 78.2 Å².